The summed E-state index contributed by atoms with van der Waals surface area (Å²) in [6.45, 7) is -0.0938. The lowest BCUT2D eigenvalue weighted by Crippen LogP contribution is -2.31. The average molecular weight is 474 g/mol. The van der Waals surface area contributed by atoms with Crippen LogP contribution in [0.3, 0.4) is 0 Å². The highest BCUT2D eigenvalue weighted by Crippen LogP contribution is 2.47. The third-order valence-electron chi connectivity index (χ3n) is 4.17. The molecule has 0 aliphatic heterocycles. The Kier molecular flexibility index (Phi) is 6.33. The van der Waals surface area contributed by atoms with Crippen molar-refractivity contribution in [3.8, 4) is 0 Å². The van der Waals surface area contributed by atoms with Crippen molar-refractivity contribution in [2.45, 2.75) is 6.92 Å². The maximum absolute atomic E-state index is 12.9. The van der Waals surface area contributed by atoms with Gasteiger partial charge in [0.1, 0.15) is 3.30 Å². The maximum Gasteiger partial charge on any atom is 0.345 e. The number of hydrogen-bond acceptors (Lipinski definition) is 2. The van der Waals surface area contributed by atoms with Gasteiger partial charge in [-0.25, -0.2) is 4.79 Å². The lowest BCUT2D eigenvalue weighted by Gasteiger charge is -2.30. The zero-order chi connectivity index (χ0) is 18.4. The Morgan fingerprint density at radius 3 is 1.42 bits per heavy atom. The van der Waals surface area contributed by atoms with Crippen LogP contribution in [0.2, 0.25) is 0 Å². The highest BCUT2D eigenvalue weighted by atomic mass is 127. The van der Waals surface area contributed by atoms with Crippen LogP contribution in [0, 0.1) is 0 Å². The van der Waals surface area contributed by atoms with Gasteiger partial charge >= 0.3 is 5.97 Å². The van der Waals surface area contributed by atoms with Gasteiger partial charge in [-0.2, -0.15) is 0 Å². The minimum atomic E-state index is -2.30. The van der Waals surface area contributed by atoms with Gasteiger partial charge in [0.25, 0.3) is 0 Å². The first-order chi connectivity index (χ1) is 12.7. The van der Waals surface area contributed by atoms with Gasteiger partial charge in [0.15, 0.2) is 0 Å². The first kappa shape index (κ1) is 18.9. The van der Waals surface area contributed by atoms with Crippen molar-refractivity contribution in [1.29, 1.82) is 0 Å². The molecule has 0 radical (unpaired) electrons. The van der Waals surface area contributed by atoms with E-state index in [9.17, 15) is 4.79 Å². The van der Waals surface area contributed by atoms with Gasteiger partial charge in [0, 0.05) is 0 Å². The van der Waals surface area contributed by atoms with Crippen molar-refractivity contribution in [3.05, 3.63) is 91.0 Å². The fraction of sp³-hybridized carbons (Fsp3) is 0.0909. The summed E-state index contributed by atoms with van der Waals surface area (Å²) >= 11 is 2.21. The predicted molar refractivity (Wildman–Crippen MR) is 121 cm³/mol. The molecule has 0 saturated carbocycles. The standard InChI is InChI=1S/C22H20IO2P/c1-2-25-22(24)21(23)26(18-12-6-3-7-13-18,19-14-8-4-9-15-19)20-16-10-5-11-17-20/h3-17H,2H2,1H3. The highest BCUT2D eigenvalue weighted by molar-refractivity contribution is 14.1. The second-order valence-corrected chi connectivity index (χ2v) is 11.0. The molecule has 0 fully saturated rings. The van der Waals surface area contributed by atoms with Crippen molar-refractivity contribution < 1.29 is 9.53 Å². The molecule has 3 aromatic rings. The van der Waals surface area contributed by atoms with Crippen LogP contribution in [-0.4, -0.2) is 15.9 Å². The number of carbonyl (C=O) groups excluding carboxylic acids is 1. The predicted octanol–water partition coefficient (Wildman–Crippen LogP) is 4.11. The summed E-state index contributed by atoms with van der Waals surface area (Å²) in [6, 6.07) is 30.9. The normalized spacial score (nSPS) is 11.0. The second kappa shape index (κ2) is 8.70. The van der Waals surface area contributed by atoms with Crippen LogP contribution in [0.5, 0.6) is 0 Å². The Bertz CT molecular complexity index is 819. The number of carbonyl (C=O) groups is 1. The van der Waals surface area contributed by atoms with Gasteiger partial charge in [-0.3, -0.25) is 0 Å². The lowest BCUT2D eigenvalue weighted by molar-refractivity contribution is -0.134. The van der Waals surface area contributed by atoms with Crippen LogP contribution in [-0.2, 0) is 9.53 Å². The van der Waals surface area contributed by atoms with E-state index in [-0.39, 0.29) is 5.97 Å². The summed E-state index contributed by atoms with van der Waals surface area (Å²) in [7, 11) is 0. The fourth-order valence-electron chi connectivity index (χ4n) is 3.07. The Balaban J connectivity index is 2.48. The van der Waals surface area contributed by atoms with Crippen LogP contribution in [0.15, 0.2) is 91.0 Å². The molecule has 0 aliphatic carbocycles. The number of hydrogen-bond donors (Lipinski definition) is 0. The third kappa shape index (κ3) is 3.51. The molecule has 3 rings (SSSR count). The molecule has 0 unspecified atom stereocenters. The summed E-state index contributed by atoms with van der Waals surface area (Å²) in [4.78, 5) is 12.9. The Labute approximate surface area is 168 Å². The van der Waals surface area contributed by atoms with E-state index >= 15 is 0 Å². The summed E-state index contributed by atoms with van der Waals surface area (Å²) < 4.78 is 6.16. The smallest absolute Gasteiger partial charge is 0.345 e. The van der Waals surface area contributed by atoms with Gasteiger partial charge in [0.2, 0.25) is 0 Å². The largest absolute Gasteiger partial charge is 0.462 e. The molecule has 0 bridgehead atoms. The van der Waals surface area contributed by atoms with Crippen LogP contribution < -0.4 is 15.9 Å². The van der Waals surface area contributed by atoms with E-state index in [1.54, 1.807) is 0 Å². The molecule has 0 spiro atoms. The van der Waals surface area contributed by atoms with Crippen molar-refractivity contribution in [1.82, 2.24) is 0 Å². The maximum atomic E-state index is 12.9. The monoisotopic (exact) mass is 474 g/mol. The van der Waals surface area contributed by atoms with Gasteiger partial charge in [0.05, 0.1) is 6.61 Å². The quantitative estimate of drug-likeness (QED) is 0.316. The van der Waals surface area contributed by atoms with Gasteiger partial charge in [-0.05, 0) is 52.3 Å². The molecule has 0 atom stereocenters. The molecule has 0 N–H and O–H groups in total. The molecule has 0 heterocycles. The topological polar surface area (TPSA) is 26.3 Å². The number of esters is 1. The Morgan fingerprint density at radius 1 is 0.769 bits per heavy atom. The average Bonchev–Trinajstić information content (AvgIpc) is 2.71. The van der Waals surface area contributed by atoms with E-state index in [1.165, 1.54) is 0 Å². The van der Waals surface area contributed by atoms with Gasteiger partial charge < -0.3 is 4.74 Å². The van der Waals surface area contributed by atoms with Crippen LogP contribution in [0.4, 0.5) is 0 Å². The number of halogens is 1. The van der Waals surface area contributed by atoms with Crippen molar-refractivity contribution in [3.63, 3.8) is 0 Å². The minimum absolute atomic E-state index is 0.238. The third-order valence-corrected chi connectivity index (χ3v) is 10.8. The molecular weight excluding hydrogens is 454 g/mol. The van der Waals surface area contributed by atoms with Crippen LogP contribution in [0.1, 0.15) is 6.92 Å². The van der Waals surface area contributed by atoms with E-state index in [0.717, 1.165) is 19.2 Å². The molecular formula is C22H20IO2P. The molecule has 3 aromatic carbocycles. The first-order valence-electron chi connectivity index (χ1n) is 8.47. The lowest BCUT2D eigenvalue weighted by atomic mass is 10.4. The van der Waals surface area contributed by atoms with E-state index in [0.29, 0.717) is 6.61 Å². The van der Waals surface area contributed by atoms with Crippen LogP contribution >= 0.6 is 29.5 Å². The molecule has 0 aliphatic rings. The van der Waals surface area contributed by atoms with E-state index in [4.69, 9.17) is 4.74 Å². The summed E-state index contributed by atoms with van der Waals surface area (Å²) in [6.07, 6.45) is 0. The molecule has 26 heavy (non-hydrogen) atoms. The first-order valence-corrected chi connectivity index (χ1v) is 11.3. The second-order valence-electron chi connectivity index (χ2n) is 5.69. The Hall–Kier alpha value is -1.84. The fourth-order valence-corrected chi connectivity index (χ4v) is 9.50. The summed E-state index contributed by atoms with van der Waals surface area (Å²) in [5.74, 6) is -0.238. The van der Waals surface area contributed by atoms with Crippen molar-refractivity contribution >= 4 is 54.7 Å². The number of rotatable bonds is 5. The molecule has 0 saturated heterocycles. The molecule has 2 nitrogen and oxygen atoms in total. The van der Waals surface area contributed by atoms with E-state index in [1.807, 2.05) is 61.5 Å². The molecule has 0 amide bonds. The zero-order valence-electron chi connectivity index (χ0n) is 14.5. The van der Waals surface area contributed by atoms with E-state index < -0.39 is 6.89 Å². The van der Waals surface area contributed by atoms with Crippen molar-refractivity contribution in [2.75, 3.05) is 6.61 Å². The van der Waals surface area contributed by atoms with Gasteiger partial charge in [-0.1, -0.05) is 91.0 Å². The minimum Gasteiger partial charge on any atom is -0.462 e. The van der Waals surface area contributed by atoms with Gasteiger partial charge in [-0.15, -0.1) is 0 Å². The number of ether oxygens (including phenoxy) is 1. The molecule has 4 heteroatoms. The number of benzene rings is 3. The molecule has 132 valence electrons. The SMILES string of the molecule is CCOC(=O)C(I)=P(c1ccccc1)(c1ccccc1)c1ccccc1. The Morgan fingerprint density at radius 2 is 1.12 bits per heavy atom. The van der Waals surface area contributed by atoms with Crippen molar-refractivity contribution in [2.24, 2.45) is 0 Å². The highest BCUT2D eigenvalue weighted by Gasteiger charge is 2.32. The molecule has 0 aromatic heterocycles. The summed E-state index contributed by atoms with van der Waals surface area (Å²) in [5.41, 5.74) is 0. The summed E-state index contributed by atoms with van der Waals surface area (Å²) in [5, 5.41) is 3.44. The van der Waals surface area contributed by atoms with Crippen LogP contribution in [0.25, 0.3) is 0 Å². The van der Waals surface area contributed by atoms with E-state index in [2.05, 4.69) is 59.0 Å². The zero-order valence-corrected chi connectivity index (χ0v) is 17.6.